The van der Waals surface area contributed by atoms with Crippen molar-refractivity contribution >= 4 is 22.9 Å². The molecule has 0 radical (unpaired) electrons. The summed E-state index contributed by atoms with van der Waals surface area (Å²) < 4.78 is 5.25. The van der Waals surface area contributed by atoms with Gasteiger partial charge in [-0.1, -0.05) is 35.0 Å². The van der Waals surface area contributed by atoms with Crippen molar-refractivity contribution in [1.82, 2.24) is 15.5 Å². The van der Waals surface area contributed by atoms with E-state index in [0.717, 1.165) is 16.1 Å². The number of hydrogen-bond donors (Lipinski definition) is 1. The molecular formula is C15H14ClN3OS. The molecule has 3 aromatic rings. The first kappa shape index (κ1) is 14.3. The average molecular weight is 320 g/mol. The van der Waals surface area contributed by atoms with E-state index < -0.39 is 0 Å². The predicted octanol–water partition coefficient (Wildman–Crippen LogP) is 4.30. The molecule has 1 aromatic carbocycles. The first-order chi connectivity index (χ1) is 10.2. The Labute approximate surface area is 131 Å². The van der Waals surface area contributed by atoms with E-state index in [1.54, 1.807) is 11.3 Å². The van der Waals surface area contributed by atoms with E-state index >= 15 is 0 Å². The van der Waals surface area contributed by atoms with Crippen LogP contribution in [0.3, 0.4) is 0 Å². The first-order valence-electron chi connectivity index (χ1n) is 6.57. The van der Waals surface area contributed by atoms with Crippen LogP contribution in [0.25, 0.3) is 11.4 Å². The molecule has 2 aromatic heterocycles. The van der Waals surface area contributed by atoms with Gasteiger partial charge in [0.15, 0.2) is 0 Å². The maximum Gasteiger partial charge on any atom is 0.240 e. The van der Waals surface area contributed by atoms with Crippen molar-refractivity contribution in [3.05, 3.63) is 57.6 Å². The van der Waals surface area contributed by atoms with Crippen molar-refractivity contribution in [3.63, 3.8) is 0 Å². The topological polar surface area (TPSA) is 51.0 Å². The molecule has 0 bridgehead atoms. The fourth-order valence-corrected chi connectivity index (χ4v) is 2.95. The molecule has 1 N–H and O–H groups in total. The number of hydrogen-bond acceptors (Lipinski definition) is 5. The number of thiophene rings is 1. The summed E-state index contributed by atoms with van der Waals surface area (Å²) in [5.41, 5.74) is 2.03. The number of rotatable bonds is 5. The lowest BCUT2D eigenvalue weighted by Crippen LogP contribution is -2.18. The highest BCUT2D eigenvalue weighted by Crippen LogP contribution is 2.23. The SMILES string of the molecule is C[C@@H](NCc1nc(-c2ccsc2)no1)c1ccccc1Cl. The van der Waals surface area contributed by atoms with Crippen LogP contribution in [0.5, 0.6) is 0 Å². The molecule has 3 rings (SSSR count). The lowest BCUT2D eigenvalue weighted by Gasteiger charge is -2.13. The molecule has 21 heavy (non-hydrogen) atoms. The molecule has 0 aliphatic rings. The molecule has 0 amide bonds. The summed E-state index contributed by atoms with van der Waals surface area (Å²) in [6, 6.07) is 9.86. The molecule has 0 aliphatic heterocycles. The smallest absolute Gasteiger partial charge is 0.240 e. The summed E-state index contributed by atoms with van der Waals surface area (Å²) in [5, 5.41) is 12.1. The third kappa shape index (κ3) is 3.32. The van der Waals surface area contributed by atoms with Gasteiger partial charge in [0.1, 0.15) is 0 Å². The zero-order chi connectivity index (χ0) is 14.7. The maximum atomic E-state index is 6.18. The van der Waals surface area contributed by atoms with Crippen molar-refractivity contribution in [2.24, 2.45) is 0 Å². The van der Waals surface area contributed by atoms with Crippen LogP contribution >= 0.6 is 22.9 Å². The van der Waals surface area contributed by atoms with Gasteiger partial charge in [0, 0.05) is 22.0 Å². The van der Waals surface area contributed by atoms with Crippen LogP contribution < -0.4 is 5.32 Å². The van der Waals surface area contributed by atoms with Crippen LogP contribution in [0.15, 0.2) is 45.6 Å². The highest BCUT2D eigenvalue weighted by Gasteiger charge is 2.12. The van der Waals surface area contributed by atoms with Crippen molar-refractivity contribution in [1.29, 1.82) is 0 Å². The number of nitrogens with one attached hydrogen (secondary N) is 1. The summed E-state index contributed by atoms with van der Waals surface area (Å²) in [5.74, 6) is 1.19. The number of benzene rings is 1. The lowest BCUT2D eigenvalue weighted by atomic mass is 10.1. The van der Waals surface area contributed by atoms with E-state index in [1.165, 1.54) is 0 Å². The van der Waals surface area contributed by atoms with E-state index in [4.69, 9.17) is 16.1 Å². The zero-order valence-electron chi connectivity index (χ0n) is 11.4. The summed E-state index contributed by atoms with van der Waals surface area (Å²) in [6.45, 7) is 2.56. The van der Waals surface area contributed by atoms with E-state index in [0.29, 0.717) is 18.3 Å². The standard InChI is InChI=1S/C15H14ClN3OS/c1-10(12-4-2-3-5-13(12)16)17-8-14-18-15(19-20-14)11-6-7-21-9-11/h2-7,9-10,17H,8H2,1H3/t10-/m1/s1. The largest absolute Gasteiger partial charge is 0.338 e. The minimum atomic E-state index is 0.107. The van der Waals surface area contributed by atoms with E-state index in [2.05, 4.69) is 22.4 Å². The molecule has 0 saturated heterocycles. The normalized spacial score (nSPS) is 12.5. The molecule has 0 spiro atoms. The van der Waals surface area contributed by atoms with Gasteiger partial charge in [-0.15, -0.1) is 0 Å². The number of halogens is 1. The first-order valence-corrected chi connectivity index (χ1v) is 7.89. The van der Waals surface area contributed by atoms with Gasteiger partial charge in [0.25, 0.3) is 0 Å². The summed E-state index contributed by atoms with van der Waals surface area (Å²) in [6.07, 6.45) is 0. The Morgan fingerprint density at radius 3 is 2.95 bits per heavy atom. The molecule has 4 nitrogen and oxygen atoms in total. The fraction of sp³-hybridized carbons (Fsp3) is 0.200. The third-order valence-electron chi connectivity index (χ3n) is 3.18. The molecule has 108 valence electrons. The average Bonchev–Trinajstić information content (AvgIpc) is 3.16. The second kappa shape index (κ2) is 6.39. The van der Waals surface area contributed by atoms with E-state index in [-0.39, 0.29) is 6.04 Å². The molecule has 0 fully saturated rings. The molecule has 0 saturated carbocycles. The Balaban J connectivity index is 1.64. The van der Waals surface area contributed by atoms with Crippen LogP contribution in [0.4, 0.5) is 0 Å². The Morgan fingerprint density at radius 2 is 2.19 bits per heavy atom. The summed E-state index contributed by atoms with van der Waals surface area (Å²) in [7, 11) is 0. The molecule has 0 unspecified atom stereocenters. The van der Waals surface area contributed by atoms with Gasteiger partial charge in [0.05, 0.1) is 6.54 Å². The molecule has 6 heteroatoms. The van der Waals surface area contributed by atoms with Crippen LogP contribution in [0, 0.1) is 0 Å². The second-order valence-corrected chi connectivity index (χ2v) is 5.84. The maximum absolute atomic E-state index is 6.18. The predicted molar refractivity (Wildman–Crippen MR) is 84.3 cm³/mol. The van der Waals surface area contributed by atoms with Crippen LogP contribution in [-0.2, 0) is 6.54 Å². The van der Waals surface area contributed by atoms with Gasteiger partial charge in [0.2, 0.25) is 11.7 Å². The van der Waals surface area contributed by atoms with E-state index in [1.807, 2.05) is 41.1 Å². The Hall–Kier alpha value is -1.69. The van der Waals surface area contributed by atoms with Gasteiger partial charge < -0.3 is 9.84 Å². The van der Waals surface area contributed by atoms with E-state index in [9.17, 15) is 0 Å². The van der Waals surface area contributed by atoms with Crippen molar-refractivity contribution in [2.75, 3.05) is 0 Å². The third-order valence-corrected chi connectivity index (χ3v) is 4.21. The Kier molecular flexibility index (Phi) is 4.34. The molecule has 2 heterocycles. The van der Waals surface area contributed by atoms with Gasteiger partial charge in [-0.2, -0.15) is 16.3 Å². The Morgan fingerprint density at radius 1 is 1.33 bits per heavy atom. The lowest BCUT2D eigenvalue weighted by molar-refractivity contribution is 0.360. The second-order valence-electron chi connectivity index (χ2n) is 4.65. The zero-order valence-corrected chi connectivity index (χ0v) is 13.0. The fourth-order valence-electron chi connectivity index (χ4n) is 2.01. The summed E-state index contributed by atoms with van der Waals surface area (Å²) in [4.78, 5) is 4.37. The number of nitrogens with zero attached hydrogens (tertiary/aromatic N) is 2. The summed E-state index contributed by atoms with van der Waals surface area (Å²) >= 11 is 7.79. The van der Waals surface area contributed by atoms with Gasteiger partial charge in [-0.3, -0.25) is 0 Å². The Bertz CT molecular complexity index is 711. The quantitative estimate of drug-likeness (QED) is 0.761. The molecule has 1 atom stereocenters. The molecule has 0 aliphatic carbocycles. The van der Waals surface area contributed by atoms with Crippen LogP contribution in [0.2, 0.25) is 5.02 Å². The highest BCUT2D eigenvalue weighted by molar-refractivity contribution is 7.08. The van der Waals surface area contributed by atoms with Crippen molar-refractivity contribution in [2.45, 2.75) is 19.5 Å². The van der Waals surface area contributed by atoms with Crippen molar-refractivity contribution in [3.8, 4) is 11.4 Å². The van der Waals surface area contributed by atoms with Crippen molar-refractivity contribution < 1.29 is 4.52 Å². The van der Waals surface area contributed by atoms with Gasteiger partial charge in [-0.05, 0) is 30.0 Å². The molecular weight excluding hydrogens is 306 g/mol. The minimum Gasteiger partial charge on any atom is -0.338 e. The monoisotopic (exact) mass is 319 g/mol. The minimum absolute atomic E-state index is 0.107. The van der Waals surface area contributed by atoms with Gasteiger partial charge in [-0.25, -0.2) is 0 Å². The van der Waals surface area contributed by atoms with Gasteiger partial charge >= 0.3 is 0 Å². The highest BCUT2D eigenvalue weighted by atomic mass is 35.5. The van der Waals surface area contributed by atoms with Crippen LogP contribution in [-0.4, -0.2) is 10.1 Å². The number of aromatic nitrogens is 2. The van der Waals surface area contributed by atoms with Crippen LogP contribution in [0.1, 0.15) is 24.4 Å².